The van der Waals surface area contributed by atoms with Crippen LogP contribution in [0.2, 0.25) is 0 Å². The number of carbonyl (C=O) groups is 2. The van der Waals surface area contributed by atoms with Crippen molar-refractivity contribution in [1.82, 2.24) is 4.98 Å². The standard InChI is InChI=1S/C14H14N2O4S/c1-2-16(13-15-11(9-21-13)12(17)18)14(19)20-8-10-6-4-3-5-7-10/h3-7,9H,2,8H2,1H3,(H,17,18). The van der Waals surface area contributed by atoms with E-state index in [4.69, 9.17) is 9.84 Å². The lowest BCUT2D eigenvalue weighted by Gasteiger charge is -2.17. The normalized spacial score (nSPS) is 10.1. The van der Waals surface area contributed by atoms with Gasteiger partial charge in [0.2, 0.25) is 0 Å². The van der Waals surface area contributed by atoms with Crippen LogP contribution in [0.5, 0.6) is 0 Å². The lowest BCUT2D eigenvalue weighted by atomic mass is 10.2. The summed E-state index contributed by atoms with van der Waals surface area (Å²) in [6.07, 6.45) is -0.548. The molecule has 0 bridgehead atoms. The van der Waals surface area contributed by atoms with Gasteiger partial charge in [0.05, 0.1) is 0 Å². The van der Waals surface area contributed by atoms with E-state index in [1.165, 1.54) is 10.3 Å². The van der Waals surface area contributed by atoms with Gasteiger partial charge in [-0.15, -0.1) is 11.3 Å². The largest absolute Gasteiger partial charge is 0.476 e. The Morgan fingerprint density at radius 2 is 2.05 bits per heavy atom. The number of carboxylic acid groups (broad SMARTS) is 1. The second-order valence-electron chi connectivity index (χ2n) is 4.10. The van der Waals surface area contributed by atoms with Gasteiger partial charge in [0.25, 0.3) is 0 Å². The van der Waals surface area contributed by atoms with E-state index in [0.717, 1.165) is 16.9 Å². The van der Waals surface area contributed by atoms with Crippen molar-refractivity contribution in [3.8, 4) is 0 Å². The molecule has 1 heterocycles. The molecule has 0 saturated heterocycles. The summed E-state index contributed by atoms with van der Waals surface area (Å²) in [5.74, 6) is -1.12. The van der Waals surface area contributed by atoms with Gasteiger partial charge in [-0.05, 0) is 12.5 Å². The molecule has 0 unspecified atom stereocenters. The molecule has 0 aliphatic rings. The van der Waals surface area contributed by atoms with Crippen molar-refractivity contribution >= 4 is 28.5 Å². The van der Waals surface area contributed by atoms with E-state index in [9.17, 15) is 9.59 Å². The van der Waals surface area contributed by atoms with Crippen molar-refractivity contribution in [2.24, 2.45) is 0 Å². The molecular weight excluding hydrogens is 292 g/mol. The van der Waals surface area contributed by atoms with Gasteiger partial charge in [0.15, 0.2) is 10.8 Å². The first-order valence-electron chi connectivity index (χ1n) is 6.29. The molecule has 0 spiro atoms. The Kier molecular flexibility index (Phi) is 4.89. The Morgan fingerprint density at radius 3 is 2.62 bits per heavy atom. The lowest BCUT2D eigenvalue weighted by Crippen LogP contribution is -2.31. The number of carbonyl (C=O) groups excluding carboxylic acids is 1. The molecular formula is C14H14N2O4S. The van der Waals surface area contributed by atoms with Crippen LogP contribution in [0.1, 0.15) is 23.0 Å². The quantitative estimate of drug-likeness (QED) is 0.918. The van der Waals surface area contributed by atoms with E-state index in [2.05, 4.69) is 4.98 Å². The van der Waals surface area contributed by atoms with Crippen LogP contribution in [-0.4, -0.2) is 28.7 Å². The van der Waals surface area contributed by atoms with Crippen molar-refractivity contribution < 1.29 is 19.4 Å². The van der Waals surface area contributed by atoms with Crippen LogP contribution in [0.4, 0.5) is 9.93 Å². The Morgan fingerprint density at radius 1 is 1.33 bits per heavy atom. The number of hydrogen-bond acceptors (Lipinski definition) is 5. The number of anilines is 1. The fraction of sp³-hybridized carbons (Fsp3) is 0.214. The van der Waals surface area contributed by atoms with Crippen LogP contribution in [0.15, 0.2) is 35.7 Å². The zero-order chi connectivity index (χ0) is 15.2. The average molecular weight is 306 g/mol. The summed E-state index contributed by atoms with van der Waals surface area (Å²) in [5, 5.41) is 10.6. The summed E-state index contributed by atoms with van der Waals surface area (Å²) in [4.78, 5) is 28.1. The molecule has 1 amide bonds. The lowest BCUT2D eigenvalue weighted by molar-refractivity contribution is 0.0691. The number of hydrogen-bond donors (Lipinski definition) is 1. The first-order valence-corrected chi connectivity index (χ1v) is 7.16. The van der Waals surface area contributed by atoms with Gasteiger partial charge in [-0.3, -0.25) is 4.90 Å². The van der Waals surface area contributed by atoms with Gasteiger partial charge in [-0.2, -0.15) is 0 Å². The molecule has 2 aromatic rings. The van der Waals surface area contributed by atoms with Crippen molar-refractivity contribution in [2.45, 2.75) is 13.5 Å². The molecule has 0 atom stereocenters. The number of nitrogens with zero attached hydrogens (tertiary/aromatic N) is 2. The first kappa shape index (κ1) is 15.0. The summed E-state index contributed by atoms with van der Waals surface area (Å²) in [5.41, 5.74) is 0.802. The Labute approximate surface area is 125 Å². The number of carboxylic acids is 1. The molecule has 0 radical (unpaired) electrons. The van der Waals surface area contributed by atoms with Crippen LogP contribution < -0.4 is 4.90 Å². The number of benzene rings is 1. The van der Waals surface area contributed by atoms with Crippen LogP contribution in [0, 0.1) is 0 Å². The summed E-state index contributed by atoms with van der Waals surface area (Å²) in [6, 6.07) is 9.32. The van der Waals surface area contributed by atoms with Gasteiger partial charge in [0.1, 0.15) is 6.61 Å². The van der Waals surface area contributed by atoms with Gasteiger partial charge in [-0.1, -0.05) is 30.3 Å². The Bertz CT molecular complexity index is 627. The monoisotopic (exact) mass is 306 g/mol. The summed E-state index contributed by atoms with van der Waals surface area (Å²) >= 11 is 1.09. The van der Waals surface area contributed by atoms with E-state index in [0.29, 0.717) is 11.7 Å². The molecule has 2 rings (SSSR count). The zero-order valence-electron chi connectivity index (χ0n) is 11.4. The smallest absolute Gasteiger partial charge is 0.416 e. The maximum atomic E-state index is 12.1. The third-order valence-corrected chi connectivity index (χ3v) is 3.55. The molecule has 7 heteroatoms. The van der Waals surface area contributed by atoms with E-state index in [-0.39, 0.29) is 12.3 Å². The molecule has 1 aromatic heterocycles. The molecule has 0 fully saturated rings. The van der Waals surface area contributed by atoms with Crippen LogP contribution in [-0.2, 0) is 11.3 Å². The third-order valence-electron chi connectivity index (χ3n) is 2.68. The maximum Gasteiger partial charge on any atom is 0.416 e. The van der Waals surface area contributed by atoms with E-state index >= 15 is 0 Å². The number of thiazole rings is 1. The highest BCUT2D eigenvalue weighted by atomic mass is 32.1. The van der Waals surface area contributed by atoms with Gasteiger partial charge < -0.3 is 9.84 Å². The predicted molar refractivity (Wildman–Crippen MR) is 78.7 cm³/mol. The summed E-state index contributed by atoms with van der Waals surface area (Å²) < 4.78 is 5.21. The minimum absolute atomic E-state index is 0.0793. The highest BCUT2D eigenvalue weighted by molar-refractivity contribution is 7.14. The molecule has 21 heavy (non-hydrogen) atoms. The molecule has 0 saturated carbocycles. The number of aromatic nitrogens is 1. The summed E-state index contributed by atoms with van der Waals surface area (Å²) in [6.45, 7) is 2.28. The minimum atomic E-state index is -1.12. The molecule has 1 aromatic carbocycles. The first-order chi connectivity index (χ1) is 10.1. The maximum absolute atomic E-state index is 12.1. The van der Waals surface area contributed by atoms with Gasteiger partial charge in [0, 0.05) is 11.9 Å². The van der Waals surface area contributed by atoms with Crippen LogP contribution in [0.25, 0.3) is 0 Å². The molecule has 1 N–H and O–H groups in total. The molecule has 0 aliphatic carbocycles. The molecule has 110 valence electrons. The number of rotatable bonds is 5. The van der Waals surface area contributed by atoms with E-state index < -0.39 is 12.1 Å². The SMILES string of the molecule is CCN(C(=O)OCc1ccccc1)c1nc(C(=O)O)cs1. The molecule has 0 aliphatic heterocycles. The summed E-state index contributed by atoms with van der Waals surface area (Å²) in [7, 11) is 0. The second kappa shape index (κ2) is 6.85. The predicted octanol–water partition coefficient (Wildman–Crippen LogP) is 3.00. The second-order valence-corrected chi connectivity index (χ2v) is 4.94. The van der Waals surface area contributed by atoms with Crippen molar-refractivity contribution in [3.05, 3.63) is 47.0 Å². The topological polar surface area (TPSA) is 79.7 Å². The van der Waals surface area contributed by atoms with E-state index in [1.54, 1.807) is 6.92 Å². The Hall–Kier alpha value is -2.41. The van der Waals surface area contributed by atoms with Crippen LogP contribution >= 0.6 is 11.3 Å². The number of amides is 1. The number of ether oxygens (including phenoxy) is 1. The van der Waals surface area contributed by atoms with Gasteiger partial charge >= 0.3 is 12.1 Å². The van der Waals surface area contributed by atoms with Crippen molar-refractivity contribution in [1.29, 1.82) is 0 Å². The molecule has 6 nitrogen and oxygen atoms in total. The zero-order valence-corrected chi connectivity index (χ0v) is 12.2. The fourth-order valence-corrected chi connectivity index (χ4v) is 2.48. The number of aromatic carboxylic acids is 1. The highest BCUT2D eigenvalue weighted by Crippen LogP contribution is 2.21. The van der Waals surface area contributed by atoms with Crippen molar-refractivity contribution in [3.63, 3.8) is 0 Å². The van der Waals surface area contributed by atoms with Crippen LogP contribution in [0.3, 0.4) is 0 Å². The average Bonchev–Trinajstić information content (AvgIpc) is 2.97. The van der Waals surface area contributed by atoms with E-state index in [1.807, 2.05) is 30.3 Å². The fourth-order valence-electron chi connectivity index (χ4n) is 1.63. The Balaban J connectivity index is 2.02. The van der Waals surface area contributed by atoms with Crippen molar-refractivity contribution in [2.75, 3.05) is 11.4 Å². The third kappa shape index (κ3) is 3.79. The van der Waals surface area contributed by atoms with Gasteiger partial charge in [-0.25, -0.2) is 14.6 Å². The minimum Gasteiger partial charge on any atom is -0.476 e. The highest BCUT2D eigenvalue weighted by Gasteiger charge is 2.20.